The minimum absolute atomic E-state index is 0.0646. The van der Waals surface area contributed by atoms with Crippen molar-refractivity contribution in [1.29, 1.82) is 0 Å². The molecule has 0 atom stereocenters. The number of benzene rings is 3. The molecule has 2 aromatic heterocycles. The van der Waals surface area contributed by atoms with Crippen LogP contribution in [-0.4, -0.2) is 65.4 Å². The molecule has 2 amide bonds. The number of hydrogen-bond donors (Lipinski definition) is 2. The summed E-state index contributed by atoms with van der Waals surface area (Å²) in [5, 5.41) is 2.22. The highest BCUT2D eigenvalue weighted by Crippen LogP contribution is 2.23. The van der Waals surface area contributed by atoms with E-state index in [1.54, 1.807) is 30.1 Å². The van der Waals surface area contributed by atoms with Gasteiger partial charge in [0.15, 0.2) is 0 Å². The number of piperazine rings is 1. The number of ether oxygens (including phenoxy) is 2. The Morgan fingerprint density at radius 1 is 0.897 bits per heavy atom. The third-order valence-corrected chi connectivity index (χ3v) is 6.97. The van der Waals surface area contributed by atoms with Gasteiger partial charge in [-0.2, -0.15) is 0 Å². The molecule has 0 saturated carbocycles. The van der Waals surface area contributed by atoms with Crippen LogP contribution in [-0.2, 0) is 11.3 Å². The number of hydrogen-bond acceptors (Lipinski definition) is 4. The zero-order valence-electron chi connectivity index (χ0n) is 22.4. The van der Waals surface area contributed by atoms with Gasteiger partial charge in [-0.05, 0) is 60.5 Å². The Morgan fingerprint density at radius 3 is 2.46 bits per heavy atom. The third-order valence-electron chi connectivity index (χ3n) is 6.97. The van der Waals surface area contributed by atoms with Crippen molar-refractivity contribution in [3.05, 3.63) is 95.8 Å². The number of rotatable bonds is 5. The highest BCUT2D eigenvalue weighted by molar-refractivity contribution is 6.00. The highest BCUT2D eigenvalue weighted by atomic mass is 16.5. The van der Waals surface area contributed by atoms with E-state index in [0.717, 1.165) is 28.0 Å². The SMILES string of the molecule is COc1cccc(CN2CCN(C(=O)c3cc4cc(OC)ccc4[nH]3)CC2=O)c1.Cc1c[nH]c2ccccc12. The van der Waals surface area contributed by atoms with E-state index in [1.807, 2.05) is 54.7 Å². The number of aromatic nitrogens is 2. The average Bonchev–Trinajstić information content (AvgIpc) is 3.57. The van der Waals surface area contributed by atoms with Crippen LogP contribution in [0.2, 0.25) is 0 Å². The second-order valence-corrected chi connectivity index (χ2v) is 9.55. The molecule has 0 aliphatic carbocycles. The minimum atomic E-state index is -0.172. The Bertz CT molecular complexity index is 1620. The van der Waals surface area contributed by atoms with Crippen LogP contribution in [0.25, 0.3) is 21.8 Å². The fraction of sp³-hybridized carbons (Fsp3) is 0.226. The molecule has 8 heteroatoms. The average molecular weight is 525 g/mol. The molecule has 3 heterocycles. The van der Waals surface area contributed by atoms with Crippen molar-refractivity contribution < 1.29 is 19.1 Å². The number of nitrogens with one attached hydrogen (secondary N) is 2. The van der Waals surface area contributed by atoms with Crippen molar-refractivity contribution in [2.75, 3.05) is 33.9 Å². The molecule has 0 radical (unpaired) electrons. The van der Waals surface area contributed by atoms with E-state index in [1.165, 1.54) is 16.5 Å². The van der Waals surface area contributed by atoms with Crippen LogP contribution in [0.4, 0.5) is 0 Å². The third kappa shape index (κ3) is 5.75. The molecule has 200 valence electrons. The Labute approximate surface area is 227 Å². The van der Waals surface area contributed by atoms with Gasteiger partial charge in [-0.3, -0.25) is 9.59 Å². The lowest BCUT2D eigenvalue weighted by Crippen LogP contribution is -2.51. The molecule has 0 bridgehead atoms. The molecule has 8 nitrogen and oxygen atoms in total. The Kier molecular flexibility index (Phi) is 7.54. The first-order valence-electron chi connectivity index (χ1n) is 12.8. The Hall–Kier alpha value is -4.72. The predicted octanol–water partition coefficient (Wildman–Crippen LogP) is 5.15. The van der Waals surface area contributed by atoms with Crippen LogP contribution in [0, 0.1) is 6.92 Å². The molecular formula is C31H32N4O4. The number of aryl methyl sites for hydroxylation is 1. The molecule has 1 saturated heterocycles. The first kappa shape index (κ1) is 25.9. The van der Waals surface area contributed by atoms with E-state index in [-0.39, 0.29) is 18.4 Å². The van der Waals surface area contributed by atoms with Crippen molar-refractivity contribution in [1.82, 2.24) is 19.8 Å². The van der Waals surface area contributed by atoms with Crippen LogP contribution in [0.5, 0.6) is 11.5 Å². The van der Waals surface area contributed by atoms with Gasteiger partial charge in [0.2, 0.25) is 5.91 Å². The zero-order valence-corrected chi connectivity index (χ0v) is 22.4. The second-order valence-electron chi connectivity index (χ2n) is 9.55. The van der Waals surface area contributed by atoms with E-state index in [9.17, 15) is 9.59 Å². The monoisotopic (exact) mass is 524 g/mol. The van der Waals surface area contributed by atoms with Crippen molar-refractivity contribution >= 4 is 33.6 Å². The molecule has 3 aromatic carbocycles. The van der Waals surface area contributed by atoms with Gasteiger partial charge in [-0.25, -0.2) is 0 Å². The summed E-state index contributed by atoms with van der Waals surface area (Å²) in [4.78, 5) is 35.2. The number of H-pyrrole nitrogens is 2. The van der Waals surface area contributed by atoms with Crippen molar-refractivity contribution in [3.8, 4) is 11.5 Å². The van der Waals surface area contributed by atoms with Crippen LogP contribution in [0.3, 0.4) is 0 Å². The number of amides is 2. The van der Waals surface area contributed by atoms with Gasteiger partial charge in [-0.1, -0.05) is 30.3 Å². The van der Waals surface area contributed by atoms with Crippen LogP contribution < -0.4 is 9.47 Å². The molecule has 1 aliphatic rings. The van der Waals surface area contributed by atoms with E-state index < -0.39 is 0 Å². The summed E-state index contributed by atoms with van der Waals surface area (Å²) in [5.41, 5.74) is 4.87. The van der Waals surface area contributed by atoms with Gasteiger partial charge < -0.3 is 29.2 Å². The fourth-order valence-corrected chi connectivity index (χ4v) is 4.78. The zero-order chi connectivity index (χ0) is 27.4. The summed E-state index contributed by atoms with van der Waals surface area (Å²) < 4.78 is 10.5. The number of nitrogens with zero attached hydrogens (tertiary/aromatic N) is 2. The summed E-state index contributed by atoms with van der Waals surface area (Å²) in [6, 6.07) is 23.4. The standard InChI is InChI=1S/C22H23N3O4.C9H9N/c1-28-17-5-3-4-15(10-17)13-24-8-9-25(14-21(24)26)22(27)20-12-16-11-18(29-2)6-7-19(16)23-20;1-7-6-10-9-5-3-2-4-8(7)9/h3-7,10-12,23H,8-9,13-14H2,1-2H3;2-6,10H,1H3. The minimum Gasteiger partial charge on any atom is -0.497 e. The topological polar surface area (TPSA) is 90.7 Å². The normalized spacial score (nSPS) is 13.4. The number of carbonyl (C=O) groups excluding carboxylic acids is 2. The molecule has 0 unspecified atom stereocenters. The number of para-hydroxylation sites is 1. The van der Waals surface area contributed by atoms with Gasteiger partial charge in [0, 0.05) is 47.6 Å². The molecule has 1 fully saturated rings. The first-order chi connectivity index (χ1) is 18.9. The molecule has 0 spiro atoms. The van der Waals surface area contributed by atoms with Crippen LogP contribution in [0.1, 0.15) is 21.6 Å². The maximum atomic E-state index is 12.9. The van der Waals surface area contributed by atoms with Gasteiger partial charge in [-0.15, -0.1) is 0 Å². The smallest absolute Gasteiger partial charge is 0.270 e. The predicted molar refractivity (Wildman–Crippen MR) is 152 cm³/mol. The lowest BCUT2D eigenvalue weighted by molar-refractivity contribution is -0.135. The van der Waals surface area contributed by atoms with Crippen LogP contribution >= 0.6 is 0 Å². The lowest BCUT2D eigenvalue weighted by atomic mass is 10.1. The molecule has 39 heavy (non-hydrogen) atoms. The van der Waals surface area contributed by atoms with Crippen molar-refractivity contribution in [2.45, 2.75) is 13.5 Å². The van der Waals surface area contributed by atoms with Gasteiger partial charge >= 0.3 is 0 Å². The number of aromatic amines is 2. The second kappa shape index (κ2) is 11.3. The first-order valence-corrected chi connectivity index (χ1v) is 12.8. The van der Waals surface area contributed by atoms with Crippen molar-refractivity contribution in [2.24, 2.45) is 0 Å². The summed E-state index contributed by atoms with van der Waals surface area (Å²) >= 11 is 0. The van der Waals surface area contributed by atoms with Crippen molar-refractivity contribution in [3.63, 3.8) is 0 Å². The quantitative estimate of drug-likeness (QED) is 0.333. The number of methoxy groups -OCH3 is 2. The number of fused-ring (bicyclic) bond motifs is 2. The van der Waals surface area contributed by atoms with Gasteiger partial charge in [0.05, 0.1) is 14.2 Å². The molecule has 1 aliphatic heterocycles. The van der Waals surface area contributed by atoms with Crippen LogP contribution in [0.15, 0.2) is 79.0 Å². The van der Waals surface area contributed by atoms with E-state index in [4.69, 9.17) is 9.47 Å². The van der Waals surface area contributed by atoms with E-state index in [0.29, 0.717) is 25.3 Å². The fourth-order valence-electron chi connectivity index (χ4n) is 4.78. The largest absolute Gasteiger partial charge is 0.497 e. The molecule has 5 aromatic rings. The molecule has 6 rings (SSSR count). The molecule has 2 N–H and O–H groups in total. The Balaban J connectivity index is 0.000000257. The maximum absolute atomic E-state index is 12.9. The lowest BCUT2D eigenvalue weighted by Gasteiger charge is -2.34. The van der Waals surface area contributed by atoms with Gasteiger partial charge in [0.25, 0.3) is 5.91 Å². The molecular weight excluding hydrogens is 492 g/mol. The van der Waals surface area contributed by atoms with E-state index >= 15 is 0 Å². The summed E-state index contributed by atoms with van der Waals surface area (Å²) in [6.07, 6.45) is 2.03. The highest BCUT2D eigenvalue weighted by Gasteiger charge is 2.28. The summed E-state index contributed by atoms with van der Waals surface area (Å²) in [5.74, 6) is 1.26. The summed E-state index contributed by atoms with van der Waals surface area (Å²) in [6.45, 7) is 3.67. The van der Waals surface area contributed by atoms with E-state index in [2.05, 4.69) is 35.1 Å². The van der Waals surface area contributed by atoms with Gasteiger partial charge in [0.1, 0.15) is 23.7 Å². The Morgan fingerprint density at radius 2 is 1.69 bits per heavy atom. The number of carbonyl (C=O) groups is 2. The summed E-state index contributed by atoms with van der Waals surface area (Å²) in [7, 11) is 3.23. The maximum Gasteiger partial charge on any atom is 0.270 e.